The van der Waals surface area contributed by atoms with Crippen LogP contribution in [-0.4, -0.2) is 13.0 Å². The Kier molecular flexibility index (Phi) is 6.51. The summed E-state index contributed by atoms with van der Waals surface area (Å²) < 4.78 is 5.42. The minimum Gasteiger partial charge on any atom is -0.496 e. The Hall–Kier alpha value is -3.04. The summed E-state index contributed by atoms with van der Waals surface area (Å²) in [7, 11) is 1.63. The number of rotatable bonds is 6. The topological polar surface area (TPSA) is 38.3 Å². The standard InChI is InChI=1S/C24H22ClNO2/c1-17(20-13-7-9-15-23(20)28-2)26-24(27)21(18-10-4-3-5-11-18)16-19-12-6-8-14-22(19)25/h3-17H,1-2H3,(H,26,27)/b21-16+/t17-/m0/s1. The molecule has 0 aromatic heterocycles. The Bertz CT molecular complexity index is 983. The number of carbonyl (C=O) groups is 1. The summed E-state index contributed by atoms with van der Waals surface area (Å²) >= 11 is 6.31. The molecule has 0 fully saturated rings. The van der Waals surface area contributed by atoms with Gasteiger partial charge in [-0.05, 0) is 36.3 Å². The van der Waals surface area contributed by atoms with E-state index in [1.807, 2.05) is 91.9 Å². The van der Waals surface area contributed by atoms with Crippen molar-refractivity contribution in [2.45, 2.75) is 13.0 Å². The molecule has 142 valence electrons. The maximum atomic E-state index is 13.2. The summed E-state index contributed by atoms with van der Waals surface area (Å²) in [5, 5.41) is 3.68. The largest absolute Gasteiger partial charge is 0.496 e. The zero-order chi connectivity index (χ0) is 19.9. The van der Waals surface area contributed by atoms with Crippen molar-refractivity contribution in [2.24, 2.45) is 0 Å². The van der Waals surface area contributed by atoms with Crippen molar-refractivity contribution in [3.8, 4) is 5.75 Å². The molecule has 0 heterocycles. The van der Waals surface area contributed by atoms with Crippen molar-refractivity contribution in [3.63, 3.8) is 0 Å². The Labute approximate surface area is 170 Å². The zero-order valence-electron chi connectivity index (χ0n) is 15.9. The van der Waals surface area contributed by atoms with Crippen LogP contribution < -0.4 is 10.1 Å². The van der Waals surface area contributed by atoms with Gasteiger partial charge in [0.15, 0.2) is 0 Å². The zero-order valence-corrected chi connectivity index (χ0v) is 16.6. The first-order valence-electron chi connectivity index (χ1n) is 9.05. The van der Waals surface area contributed by atoms with E-state index < -0.39 is 0 Å². The van der Waals surface area contributed by atoms with Gasteiger partial charge in [-0.3, -0.25) is 4.79 Å². The molecule has 0 saturated carbocycles. The highest BCUT2D eigenvalue weighted by Crippen LogP contribution is 2.27. The van der Waals surface area contributed by atoms with Gasteiger partial charge in [0.1, 0.15) is 5.75 Å². The lowest BCUT2D eigenvalue weighted by molar-refractivity contribution is -0.116. The summed E-state index contributed by atoms with van der Waals surface area (Å²) in [6, 6.07) is 24.5. The van der Waals surface area contributed by atoms with Gasteiger partial charge in [0.2, 0.25) is 0 Å². The predicted molar refractivity (Wildman–Crippen MR) is 115 cm³/mol. The third-order valence-electron chi connectivity index (χ3n) is 4.49. The van der Waals surface area contributed by atoms with Crippen LogP contribution in [0.5, 0.6) is 5.75 Å². The Morgan fingerprint density at radius 1 is 0.964 bits per heavy atom. The average molecular weight is 392 g/mol. The maximum Gasteiger partial charge on any atom is 0.252 e. The highest BCUT2D eigenvalue weighted by Gasteiger charge is 2.18. The van der Waals surface area contributed by atoms with E-state index in [9.17, 15) is 4.79 Å². The van der Waals surface area contributed by atoms with Crippen molar-refractivity contribution in [2.75, 3.05) is 7.11 Å². The minimum absolute atomic E-state index is 0.176. The molecule has 0 aliphatic rings. The number of benzene rings is 3. The fourth-order valence-corrected chi connectivity index (χ4v) is 3.21. The molecule has 0 radical (unpaired) electrons. The first-order chi connectivity index (χ1) is 13.6. The molecule has 3 rings (SSSR count). The number of carbonyl (C=O) groups excluding carboxylic acids is 1. The predicted octanol–water partition coefficient (Wildman–Crippen LogP) is 5.77. The van der Waals surface area contributed by atoms with Crippen molar-refractivity contribution >= 4 is 29.2 Å². The Morgan fingerprint density at radius 3 is 2.32 bits per heavy atom. The van der Waals surface area contributed by atoms with Crippen molar-refractivity contribution < 1.29 is 9.53 Å². The van der Waals surface area contributed by atoms with Crippen LogP contribution in [0.15, 0.2) is 78.9 Å². The summed E-state index contributed by atoms with van der Waals surface area (Å²) in [5.74, 6) is 0.566. The van der Waals surface area contributed by atoms with Gasteiger partial charge in [-0.25, -0.2) is 0 Å². The van der Waals surface area contributed by atoms with Crippen LogP contribution in [-0.2, 0) is 4.79 Å². The molecule has 3 aromatic carbocycles. The quantitative estimate of drug-likeness (QED) is 0.428. The Morgan fingerprint density at radius 2 is 1.61 bits per heavy atom. The highest BCUT2D eigenvalue weighted by molar-refractivity contribution is 6.33. The summed E-state index contributed by atoms with van der Waals surface area (Å²) in [5.41, 5.74) is 3.09. The molecular weight excluding hydrogens is 370 g/mol. The van der Waals surface area contributed by atoms with Gasteiger partial charge >= 0.3 is 0 Å². The van der Waals surface area contributed by atoms with E-state index in [4.69, 9.17) is 16.3 Å². The van der Waals surface area contributed by atoms with Gasteiger partial charge in [0.05, 0.1) is 13.2 Å². The van der Waals surface area contributed by atoms with Gasteiger partial charge in [0, 0.05) is 16.2 Å². The molecule has 0 aliphatic heterocycles. The lowest BCUT2D eigenvalue weighted by Crippen LogP contribution is -2.27. The van der Waals surface area contributed by atoms with E-state index in [-0.39, 0.29) is 11.9 Å². The van der Waals surface area contributed by atoms with E-state index in [0.29, 0.717) is 10.6 Å². The van der Waals surface area contributed by atoms with Crippen molar-refractivity contribution in [1.29, 1.82) is 0 Å². The van der Waals surface area contributed by atoms with E-state index >= 15 is 0 Å². The molecule has 1 amide bonds. The Balaban J connectivity index is 1.94. The second-order valence-electron chi connectivity index (χ2n) is 6.38. The molecular formula is C24H22ClNO2. The van der Waals surface area contributed by atoms with Crippen molar-refractivity contribution in [3.05, 3.63) is 101 Å². The average Bonchev–Trinajstić information content (AvgIpc) is 2.73. The molecule has 0 spiro atoms. The number of para-hydroxylation sites is 1. The summed E-state index contributed by atoms with van der Waals surface area (Å²) in [4.78, 5) is 13.2. The first kappa shape index (κ1) is 19.7. The van der Waals surface area contributed by atoms with Crippen LogP contribution in [0.1, 0.15) is 29.7 Å². The number of ether oxygens (including phenoxy) is 1. The van der Waals surface area contributed by atoms with Gasteiger partial charge in [-0.1, -0.05) is 78.3 Å². The number of nitrogens with one attached hydrogen (secondary N) is 1. The van der Waals surface area contributed by atoms with Crippen LogP contribution in [0.2, 0.25) is 5.02 Å². The van der Waals surface area contributed by atoms with E-state index in [0.717, 1.165) is 22.4 Å². The normalized spacial score (nSPS) is 12.3. The van der Waals surface area contributed by atoms with Crippen LogP contribution >= 0.6 is 11.6 Å². The number of methoxy groups -OCH3 is 1. The number of halogens is 1. The summed E-state index contributed by atoms with van der Waals surface area (Å²) in [6.07, 6.45) is 1.82. The molecule has 3 nitrogen and oxygen atoms in total. The summed E-state index contributed by atoms with van der Waals surface area (Å²) in [6.45, 7) is 1.94. The molecule has 1 N–H and O–H groups in total. The van der Waals surface area contributed by atoms with Crippen molar-refractivity contribution in [1.82, 2.24) is 5.32 Å². The smallest absolute Gasteiger partial charge is 0.252 e. The van der Waals surface area contributed by atoms with Crippen LogP contribution in [0, 0.1) is 0 Å². The van der Waals surface area contributed by atoms with Crippen LogP contribution in [0.3, 0.4) is 0 Å². The van der Waals surface area contributed by atoms with Gasteiger partial charge < -0.3 is 10.1 Å². The molecule has 0 saturated heterocycles. The lowest BCUT2D eigenvalue weighted by Gasteiger charge is -2.18. The first-order valence-corrected chi connectivity index (χ1v) is 9.43. The van der Waals surface area contributed by atoms with Crippen LogP contribution in [0.4, 0.5) is 0 Å². The van der Waals surface area contributed by atoms with E-state index in [1.54, 1.807) is 7.11 Å². The van der Waals surface area contributed by atoms with E-state index in [1.165, 1.54) is 0 Å². The lowest BCUT2D eigenvalue weighted by atomic mass is 10.0. The molecule has 4 heteroatoms. The molecule has 1 atom stereocenters. The molecule has 0 aliphatic carbocycles. The monoisotopic (exact) mass is 391 g/mol. The third-order valence-corrected chi connectivity index (χ3v) is 4.83. The number of hydrogen-bond donors (Lipinski definition) is 1. The van der Waals surface area contributed by atoms with E-state index in [2.05, 4.69) is 5.32 Å². The van der Waals surface area contributed by atoms with Crippen LogP contribution in [0.25, 0.3) is 11.6 Å². The number of hydrogen-bond acceptors (Lipinski definition) is 2. The maximum absolute atomic E-state index is 13.2. The molecule has 28 heavy (non-hydrogen) atoms. The number of amides is 1. The molecule has 0 bridgehead atoms. The van der Waals surface area contributed by atoms with Gasteiger partial charge in [-0.2, -0.15) is 0 Å². The minimum atomic E-state index is -0.220. The molecule has 3 aromatic rings. The van der Waals surface area contributed by atoms with Gasteiger partial charge in [0.25, 0.3) is 5.91 Å². The second-order valence-corrected chi connectivity index (χ2v) is 6.79. The molecule has 0 unspecified atom stereocenters. The third kappa shape index (κ3) is 4.62. The fraction of sp³-hybridized carbons (Fsp3) is 0.125. The fourth-order valence-electron chi connectivity index (χ4n) is 3.02. The second kappa shape index (κ2) is 9.25. The SMILES string of the molecule is COc1ccccc1[C@H](C)NC(=O)/C(=C/c1ccccc1Cl)c1ccccc1. The highest BCUT2D eigenvalue weighted by atomic mass is 35.5. The van der Waals surface area contributed by atoms with Gasteiger partial charge in [-0.15, -0.1) is 0 Å².